The Morgan fingerprint density at radius 2 is 2.36 bits per heavy atom. The van der Waals surface area contributed by atoms with Crippen LogP contribution in [0, 0.1) is 6.92 Å². The molecule has 0 saturated heterocycles. The van der Waals surface area contributed by atoms with E-state index in [2.05, 4.69) is 21.0 Å². The highest BCUT2D eigenvalue weighted by molar-refractivity contribution is 9.10. The Hall–Kier alpha value is -0.740. The van der Waals surface area contributed by atoms with Gasteiger partial charge in [-0.05, 0) is 35.0 Å². The number of aromatic nitrogens is 2. The summed E-state index contributed by atoms with van der Waals surface area (Å²) in [5.41, 5.74) is 0.831. The van der Waals surface area contributed by atoms with Crippen LogP contribution < -0.4 is 0 Å². The molecule has 14 heavy (non-hydrogen) atoms. The molecule has 0 saturated carbocycles. The molecule has 0 atom stereocenters. The maximum atomic E-state index is 5.88. The first-order valence-corrected chi connectivity index (χ1v) is 5.26. The molecule has 0 aromatic carbocycles. The minimum Gasteiger partial charge on any atom is -0.452 e. The molecule has 0 aliphatic rings. The number of nitrogens with zero attached hydrogens (tertiary/aromatic N) is 2. The Balaban J connectivity index is 2.18. The third kappa shape index (κ3) is 2.01. The minimum atomic E-state index is 0.596. The maximum absolute atomic E-state index is 5.88. The van der Waals surface area contributed by atoms with Gasteiger partial charge in [-0.25, -0.2) is 0 Å². The van der Waals surface area contributed by atoms with Crippen LogP contribution in [0.25, 0.3) is 0 Å². The van der Waals surface area contributed by atoms with E-state index in [-0.39, 0.29) is 0 Å². The minimum absolute atomic E-state index is 0.596. The van der Waals surface area contributed by atoms with Gasteiger partial charge in [-0.2, -0.15) is 5.10 Å². The first-order valence-electron chi connectivity index (χ1n) is 4.09. The largest absolute Gasteiger partial charge is 0.452 e. The molecule has 0 fully saturated rings. The summed E-state index contributed by atoms with van der Waals surface area (Å²) in [6, 6.07) is 3.75. The van der Waals surface area contributed by atoms with Crippen molar-refractivity contribution in [2.24, 2.45) is 0 Å². The lowest BCUT2D eigenvalue weighted by molar-refractivity contribution is 0.462. The molecule has 2 aromatic rings. The third-order valence-electron chi connectivity index (χ3n) is 1.83. The number of aryl methyl sites for hydroxylation is 1. The smallest absolute Gasteiger partial charge is 0.169 e. The summed E-state index contributed by atoms with van der Waals surface area (Å²) in [6.07, 6.45) is 1.79. The van der Waals surface area contributed by atoms with Gasteiger partial charge in [0.15, 0.2) is 4.67 Å². The Morgan fingerprint density at radius 1 is 1.57 bits per heavy atom. The lowest BCUT2D eigenvalue weighted by Crippen LogP contribution is -1.98. The van der Waals surface area contributed by atoms with Gasteiger partial charge in [0.2, 0.25) is 0 Å². The van der Waals surface area contributed by atoms with Crippen LogP contribution in [0.2, 0.25) is 5.02 Å². The quantitative estimate of drug-likeness (QED) is 0.842. The molecular formula is C9H8BrClN2O. The normalized spacial score (nSPS) is 10.8. The van der Waals surface area contributed by atoms with Gasteiger partial charge in [0.25, 0.3) is 0 Å². The van der Waals surface area contributed by atoms with Crippen LogP contribution in [0.5, 0.6) is 0 Å². The maximum Gasteiger partial charge on any atom is 0.169 e. The van der Waals surface area contributed by atoms with Crippen molar-refractivity contribution in [3.63, 3.8) is 0 Å². The van der Waals surface area contributed by atoms with E-state index in [1.807, 2.05) is 19.1 Å². The Bertz CT molecular complexity index is 430. The van der Waals surface area contributed by atoms with Crippen LogP contribution in [0.1, 0.15) is 11.5 Å². The standard InChI is InChI=1S/C9H8BrClN2O/c1-6-8(11)5-13(12-6)4-7-2-3-9(10)14-7/h2-3,5H,4H2,1H3. The first kappa shape index (κ1) is 9.80. The van der Waals surface area contributed by atoms with Crippen LogP contribution in [0.3, 0.4) is 0 Å². The van der Waals surface area contributed by atoms with E-state index in [0.29, 0.717) is 11.6 Å². The summed E-state index contributed by atoms with van der Waals surface area (Å²) in [4.78, 5) is 0. The summed E-state index contributed by atoms with van der Waals surface area (Å²) < 4.78 is 7.83. The molecule has 2 rings (SSSR count). The van der Waals surface area contributed by atoms with Gasteiger partial charge >= 0.3 is 0 Å². The van der Waals surface area contributed by atoms with Gasteiger partial charge in [0.1, 0.15) is 5.76 Å². The highest BCUT2D eigenvalue weighted by atomic mass is 79.9. The topological polar surface area (TPSA) is 31.0 Å². The van der Waals surface area contributed by atoms with Crippen molar-refractivity contribution in [1.29, 1.82) is 0 Å². The van der Waals surface area contributed by atoms with E-state index in [1.54, 1.807) is 10.9 Å². The molecule has 0 aliphatic heterocycles. The second kappa shape index (κ2) is 3.79. The fourth-order valence-electron chi connectivity index (χ4n) is 1.17. The number of hydrogen-bond donors (Lipinski definition) is 0. The second-order valence-electron chi connectivity index (χ2n) is 2.97. The molecule has 74 valence electrons. The molecule has 0 unspecified atom stereocenters. The molecule has 2 heterocycles. The average Bonchev–Trinajstić information content (AvgIpc) is 2.62. The third-order valence-corrected chi connectivity index (χ3v) is 2.63. The van der Waals surface area contributed by atoms with Crippen LogP contribution in [0.4, 0.5) is 0 Å². The number of rotatable bonds is 2. The Labute approximate surface area is 94.8 Å². The second-order valence-corrected chi connectivity index (χ2v) is 4.15. The molecule has 3 nitrogen and oxygen atoms in total. The van der Waals surface area contributed by atoms with Gasteiger partial charge < -0.3 is 4.42 Å². The molecule has 0 N–H and O–H groups in total. The summed E-state index contributed by atoms with van der Waals surface area (Å²) in [5, 5.41) is 4.90. The molecule has 5 heteroatoms. The summed E-state index contributed by atoms with van der Waals surface area (Å²) in [7, 11) is 0. The first-order chi connectivity index (χ1) is 6.65. The number of halogens is 2. The molecule has 0 radical (unpaired) electrons. The lowest BCUT2D eigenvalue weighted by Gasteiger charge is -1.96. The van der Waals surface area contributed by atoms with Crippen LogP contribution in [0.15, 0.2) is 27.4 Å². The monoisotopic (exact) mass is 274 g/mol. The summed E-state index contributed by atoms with van der Waals surface area (Å²) in [6.45, 7) is 2.47. The zero-order chi connectivity index (χ0) is 10.1. The fourth-order valence-corrected chi connectivity index (χ4v) is 1.66. The zero-order valence-corrected chi connectivity index (χ0v) is 9.84. The van der Waals surface area contributed by atoms with E-state index in [0.717, 1.165) is 16.1 Å². The van der Waals surface area contributed by atoms with Crippen molar-refractivity contribution in [3.8, 4) is 0 Å². The Kier molecular flexibility index (Phi) is 2.65. The van der Waals surface area contributed by atoms with E-state index < -0.39 is 0 Å². The van der Waals surface area contributed by atoms with Gasteiger partial charge in [-0.1, -0.05) is 11.6 Å². The fraction of sp³-hybridized carbons (Fsp3) is 0.222. The summed E-state index contributed by atoms with van der Waals surface area (Å²) in [5.74, 6) is 0.844. The lowest BCUT2D eigenvalue weighted by atomic mass is 10.4. The van der Waals surface area contributed by atoms with Crippen molar-refractivity contribution in [2.75, 3.05) is 0 Å². The highest BCUT2D eigenvalue weighted by Crippen LogP contribution is 2.17. The molecule has 0 bridgehead atoms. The zero-order valence-electron chi connectivity index (χ0n) is 7.50. The van der Waals surface area contributed by atoms with Gasteiger partial charge in [-0.3, -0.25) is 4.68 Å². The van der Waals surface area contributed by atoms with Gasteiger partial charge in [-0.15, -0.1) is 0 Å². The average molecular weight is 276 g/mol. The van der Waals surface area contributed by atoms with Crippen molar-refractivity contribution in [1.82, 2.24) is 9.78 Å². The predicted molar refractivity (Wildman–Crippen MR) is 57.5 cm³/mol. The molecule has 0 spiro atoms. The Morgan fingerprint density at radius 3 is 2.86 bits per heavy atom. The van der Waals surface area contributed by atoms with Crippen molar-refractivity contribution >= 4 is 27.5 Å². The van der Waals surface area contributed by atoms with Crippen molar-refractivity contribution < 1.29 is 4.42 Å². The highest BCUT2D eigenvalue weighted by Gasteiger charge is 2.04. The number of furan rings is 1. The molecule has 0 amide bonds. The van der Waals surface area contributed by atoms with Crippen LogP contribution in [-0.4, -0.2) is 9.78 Å². The van der Waals surface area contributed by atoms with Crippen molar-refractivity contribution in [3.05, 3.63) is 39.5 Å². The van der Waals surface area contributed by atoms with Crippen LogP contribution in [-0.2, 0) is 6.54 Å². The van der Waals surface area contributed by atoms with Crippen LogP contribution >= 0.6 is 27.5 Å². The molecule has 2 aromatic heterocycles. The molecular weight excluding hydrogens is 267 g/mol. The van der Waals surface area contributed by atoms with E-state index in [4.69, 9.17) is 16.0 Å². The summed E-state index contributed by atoms with van der Waals surface area (Å²) >= 11 is 9.12. The predicted octanol–water partition coefficient (Wildman–Crippen LogP) is 3.25. The van der Waals surface area contributed by atoms with Gasteiger partial charge in [0, 0.05) is 6.20 Å². The van der Waals surface area contributed by atoms with E-state index >= 15 is 0 Å². The van der Waals surface area contributed by atoms with E-state index in [9.17, 15) is 0 Å². The number of hydrogen-bond acceptors (Lipinski definition) is 2. The van der Waals surface area contributed by atoms with Crippen molar-refractivity contribution in [2.45, 2.75) is 13.5 Å². The SMILES string of the molecule is Cc1nn(Cc2ccc(Br)o2)cc1Cl. The van der Waals surface area contributed by atoms with Gasteiger partial charge in [0.05, 0.1) is 17.3 Å². The molecule has 0 aliphatic carbocycles. The van der Waals surface area contributed by atoms with E-state index in [1.165, 1.54) is 0 Å².